The Morgan fingerprint density at radius 2 is 2.00 bits per heavy atom. The van der Waals surface area contributed by atoms with Crippen LogP contribution < -0.4 is 5.32 Å². The quantitative estimate of drug-likeness (QED) is 0.655. The van der Waals surface area contributed by atoms with Crippen LogP contribution in [0.1, 0.15) is 11.1 Å². The molecular formula is C19H16ClNOS. The molecule has 0 unspecified atom stereocenters. The smallest absolute Gasteiger partial charge is 0.244 e. The second kappa shape index (κ2) is 7.44. The number of benzene rings is 2. The van der Waals surface area contributed by atoms with Gasteiger partial charge < -0.3 is 5.32 Å². The Hall–Kier alpha value is -2.10. The highest BCUT2D eigenvalue weighted by molar-refractivity contribution is 7.17. The summed E-state index contributed by atoms with van der Waals surface area (Å²) in [5, 5.41) is 6.97. The van der Waals surface area contributed by atoms with Crippen LogP contribution in [0.5, 0.6) is 0 Å². The van der Waals surface area contributed by atoms with E-state index >= 15 is 0 Å². The predicted octanol–water partition coefficient (Wildman–Crippen LogP) is 4.93. The molecule has 3 rings (SSSR count). The Kier molecular flexibility index (Phi) is 5.11. The van der Waals surface area contributed by atoms with Gasteiger partial charge in [-0.15, -0.1) is 11.3 Å². The second-order valence-corrected chi connectivity index (χ2v) is 6.53. The fourth-order valence-electron chi connectivity index (χ4n) is 2.36. The molecule has 4 heteroatoms. The van der Waals surface area contributed by atoms with Gasteiger partial charge in [-0.2, -0.15) is 0 Å². The molecule has 0 atom stereocenters. The molecule has 1 amide bonds. The lowest BCUT2D eigenvalue weighted by Gasteiger charge is -2.02. The molecule has 0 radical (unpaired) electrons. The van der Waals surface area contributed by atoms with Gasteiger partial charge in [0.1, 0.15) is 0 Å². The molecule has 0 saturated carbocycles. The van der Waals surface area contributed by atoms with Gasteiger partial charge in [0.25, 0.3) is 0 Å². The molecule has 23 heavy (non-hydrogen) atoms. The monoisotopic (exact) mass is 341 g/mol. The summed E-state index contributed by atoms with van der Waals surface area (Å²) in [4.78, 5) is 11.8. The zero-order valence-corrected chi connectivity index (χ0v) is 14.0. The van der Waals surface area contributed by atoms with E-state index in [0.717, 1.165) is 17.0 Å². The number of halogens is 1. The molecule has 0 saturated heterocycles. The minimum atomic E-state index is -0.0774. The molecule has 2 aromatic carbocycles. The Morgan fingerprint density at radius 1 is 1.17 bits per heavy atom. The average Bonchev–Trinajstić information content (AvgIpc) is 2.96. The standard InChI is InChI=1S/C19H16ClNOS/c20-16-7-8-18-17(12-16)15(13-23-18)10-11-21-19(22)9-6-14-4-2-1-3-5-14/h1-9,12-13H,10-11H2,(H,21,22). The molecule has 1 heterocycles. The minimum absolute atomic E-state index is 0.0774. The maximum atomic E-state index is 11.8. The van der Waals surface area contributed by atoms with Crippen molar-refractivity contribution < 1.29 is 4.79 Å². The van der Waals surface area contributed by atoms with E-state index in [-0.39, 0.29) is 5.91 Å². The molecule has 0 bridgehead atoms. The maximum Gasteiger partial charge on any atom is 0.244 e. The second-order valence-electron chi connectivity index (χ2n) is 5.19. The van der Waals surface area contributed by atoms with Gasteiger partial charge in [0, 0.05) is 22.3 Å². The SMILES string of the molecule is O=C(C=Cc1ccccc1)NCCc1csc2ccc(Cl)cc12. The zero-order valence-electron chi connectivity index (χ0n) is 12.5. The summed E-state index contributed by atoms with van der Waals surface area (Å²) in [7, 11) is 0. The number of hydrogen-bond donors (Lipinski definition) is 1. The zero-order chi connectivity index (χ0) is 16.1. The van der Waals surface area contributed by atoms with Crippen LogP contribution in [0.2, 0.25) is 5.02 Å². The summed E-state index contributed by atoms with van der Waals surface area (Å²) >= 11 is 7.76. The molecule has 0 spiro atoms. The van der Waals surface area contributed by atoms with Crippen molar-refractivity contribution in [1.29, 1.82) is 0 Å². The van der Waals surface area contributed by atoms with E-state index in [0.29, 0.717) is 6.54 Å². The van der Waals surface area contributed by atoms with Crippen molar-refractivity contribution in [1.82, 2.24) is 5.32 Å². The number of nitrogens with one attached hydrogen (secondary N) is 1. The summed E-state index contributed by atoms with van der Waals surface area (Å²) in [5.74, 6) is -0.0774. The Bertz CT molecular complexity index is 839. The summed E-state index contributed by atoms with van der Waals surface area (Å²) in [6, 6.07) is 15.7. The summed E-state index contributed by atoms with van der Waals surface area (Å²) < 4.78 is 1.22. The van der Waals surface area contributed by atoms with Gasteiger partial charge in [-0.05, 0) is 52.6 Å². The Balaban J connectivity index is 1.55. The first-order chi connectivity index (χ1) is 11.2. The summed E-state index contributed by atoms with van der Waals surface area (Å²) in [6.07, 6.45) is 4.18. The van der Waals surface area contributed by atoms with Gasteiger partial charge in [-0.3, -0.25) is 4.79 Å². The van der Waals surface area contributed by atoms with Crippen LogP contribution in [0.4, 0.5) is 0 Å². The number of fused-ring (bicyclic) bond motifs is 1. The van der Waals surface area contributed by atoms with Gasteiger partial charge in [-0.1, -0.05) is 41.9 Å². The fourth-order valence-corrected chi connectivity index (χ4v) is 3.51. The van der Waals surface area contributed by atoms with E-state index in [4.69, 9.17) is 11.6 Å². The van der Waals surface area contributed by atoms with Crippen molar-refractivity contribution in [2.24, 2.45) is 0 Å². The lowest BCUT2D eigenvalue weighted by Crippen LogP contribution is -2.23. The molecule has 1 aromatic heterocycles. The molecule has 116 valence electrons. The average molecular weight is 342 g/mol. The highest BCUT2D eigenvalue weighted by atomic mass is 35.5. The first-order valence-electron chi connectivity index (χ1n) is 7.39. The lowest BCUT2D eigenvalue weighted by atomic mass is 10.1. The minimum Gasteiger partial charge on any atom is -0.352 e. The molecule has 0 aliphatic carbocycles. The molecule has 1 N–H and O–H groups in total. The first-order valence-corrected chi connectivity index (χ1v) is 8.65. The van der Waals surface area contributed by atoms with Crippen molar-refractivity contribution in [3.05, 3.63) is 76.1 Å². The van der Waals surface area contributed by atoms with Gasteiger partial charge in [0.15, 0.2) is 0 Å². The largest absolute Gasteiger partial charge is 0.352 e. The normalized spacial score (nSPS) is 11.2. The molecular weight excluding hydrogens is 326 g/mol. The molecule has 0 aliphatic heterocycles. The van der Waals surface area contributed by atoms with Crippen molar-refractivity contribution in [3.63, 3.8) is 0 Å². The number of rotatable bonds is 5. The van der Waals surface area contributed by atoms with Crippen molar-refractivity contribution in [2.45, 2.75) is 6.42 Å². The van der Waals surface area contributed by atoms with E-state index in [9.17, 15) is 4.79 Å². The van der Waals surface area contributed by atoms with Crippen LogP contribution >= 0.6 is 22.9 Å². The fraction of sp³-hybridized carbons (Fsp3) is 0.105. The topological polar surface area (TPSA) is 29.1 Å². The van der Waals surface area contributed by atoms with Crippen molar-refractivity contribution in [2.75, 3.05) is 6.54 Å². The molecule has 2 nitrogen and oxygen atoms in total. The lowest BCUT2D eigenvalue weighted by molar-refractivity contribution is -0.116. The van der Waals surface area contributed by atoms with Gasteiger partial charge in [-0.25, -0.2) is 0 Å². The predicted molar refractivity (Wildman–Crippen MR) is 99.0 cm³/mol. The van der Waals surface area contributed by atoms with E-state index in [1.54, 1.807) is 17.4 Å². The number of carbonyl (C=O) groups excluding carboxylic acids is 1. The third-order valence-corrected chi connectivity index (χ3v) is 4.78. The maximum absolute atomic E-state index is 11.8. The van der Waals surface area contributed by atoms with Crippen molar-refractivity contribution in [3.8, 4) is 0 Å². The van der Waals surface area contributed by atoms with Crippen molar-refractivity contribution >= 4 is 45.0 Å². The third kappa shape index (κ3) is 4.21. The first kappa shape index (κ1) is 15.8. The van der Waals surface area contributed by atoms with E-state index in [1.165, 1.54) is 15.6 Å². The van der Waals surface area contributed by atoms with Crippen LogP contribution in [-0.4, -0.2) is 12.5 Å². The van der Waals surface area contributed by atoms with E-state index in [1.807, 2.05) is 54.6 Å². The number of amides is 1. The number of thiophene rings is 1. The Labute approximate surface area is 144 Å². The highest BCUT2D eigenvalue weighted by Crippen LogP contribution is 2.28. The molecule has 0 aliphatic rings. The highest BCUT2D eigenvalue weighted by Gasteiger charge is 2.05. The molecule has 0 fully saturated rings. The van der Waals surface area contributed by atoms with Crippen LogP contribution in [0.25, 0.3) is 16.2 Å². The van der Waals surface area contributed by atoms with Crippen LogP contribution in [-0.2, 0) is 11.2 Å². The summed E-state index contributed by atoms with van der Waals surface area (Å²) in [5.41, 5.74) is 2.24. The third-order valence-electron chi connectivity index (χ3n) is 3.54. The van der Waals surface area contributed by atoms with Gasteiger partial charge >= 0.3 is 0 Å². The van der Waals surface area contributed by atoms with Gasteiger partial charge in [0.05, 0.1) is 0 Å². The summed E-state index contributed by atoms with van der Waals surface area (Å²) in [6.45, 7) is 0.607. The van der Waals surface area contributed by atoms with Crippen LogP contribution in [0, 0.1) is 0 Å². The van der Waals surface area contributed by atoms with Crippen LogP contribution in [0.3, 0.4) is 0 Å². The number of carbonyl (C=O) groups is 1. The van der Waals surface area contributed by atoms with Crippen LogP contribution in [0.15, 0.2) is 60.0 Å². The molecule has 3 aromatic rings. The Morgan fingerprint density at radius 3 is 2.83 bits per heavy atom. The van der Waals surface area contributed by atoms with E-state index in [2.05, 4.69) is 10.7 Å². The van der Waals surface area contributed by atoms with E-state index < -0.39 is 0 Å². The number of hydrogen-bond acceptors (Lipinski definition) is 2. The van der Waals surface area contributed by atoms with Gasteiger partial charge in [0.2, 0.25) is 5.91 Å².